The van der Waals surface area contributed by atoms with E-state index in [0.29, 0.717) is 6.42 Å². The van der Waals surface area contributed by atoms with Crippen LogP contribution in [0.2, 0.25) is 0 Å². The summed E-state index contributed by atoms with van der Waals surface area (Å²) < 4.78 is 0. The van der Waals surface area contributed by atoms with Crippen molar-refractivity contribution in [2.45, 2.75) is 96.8 Å². The third-order valence-electron chi connectivity index (χ3n) is 3.49. The van der Waals surface area contributed by atoms with E-state index in [0.717, 1.165) is 12.8 Å². The smallest absolute Gasteiger partial charge is 1.00 e. The van der Waals surface area contributed by atoms with Crippen molar-refractivity contribution in [2.24, 2.45) is 0 Å². The van der Waals surface area contributed by atoms with Gasteiger partial charge in [-0.2, -0.15) is 0 Å². The SMILES string of the molecule is CCCCCCCCCCCCCCCC(=O)O.[Ca+2].[H-].[H-]. The average Bonchev–Trinajstić information content (AvgIpc) is 2.34. The first kappa shape index (κ1) is 22.0. The van der Waals surface area contributed by atoms with Crippen LogP contribution >= 0.6 is 0 Å². The molecule has 0 aliphatic heterocycles. The quantitative estimate of drug-likeness (QED) is 0.344. The van der Waals surface area contributed by atoms with Crippen molar-refractivity contribution in [1.82, 2.24) is 0 Å². The van der Waals surface area contributed by atoms with E-state index in [4.69, 9.17) is 5.11 Å². The fourth-order valence-corrected chi connectivity index (χ4v) is 2.29. The molecule has 0 saturated carbocycles. The molecule has 19 heavy (non-hydrogen) atoms. The van der Waals surface area contributed by atoms with Gasteiger partial charge in [0.15, 0.2) is 0 Å². The summed E-state index contributed by atoms with van der Waals surface area (Å²) in [7, 11) is 0. The molecule has 0 spiro atoms. The van der Waals surface area contributed by atoms with E-state index in [1.165, 1.54) is 70.6 Å². The molecular formula is C16H34CaO2. The molecule has 0 unspecified atom stereocenters. The number of hydrogen-bond donors (Lipinski definition) is 1. The number of rotatable bonds is 14. The molecule has 2 nitrogen and oxygen atoms in total. The molecule has 112 valence electrons. The number of carboxylic acids is 1. The van der Waals surface area contributed by atoms with Gasteiger partial charge in [-0.05, 0) is 6.42 Å². The maximum atomic E-state index is 10.3. The molecule has 3 heteroatoms. The van der Waals surface area contributed by atoms with Crippen LogP contribution in [0.15, 0.2) is 0 Å². The summed E-state index contributed by atoms with van der Waals surface area (Å²) in [6.07, 6.45) is 17.3. The Morgan fingerprint density at radius 1 is 0.737 bits per heavy atom. The first-order valence-electron chi connectivity index (χ1n) is 7.99. The standard InChI is InChI=1S/C16H32O2.Ca.2H/c1-2-3-4-5-6-7-8-9-10-11-12-13-14-15-16(17)18;;;/h2-15H2,1H3,(H,17,18);;;/q;+2;2*-1. The Labute approximate surface area is 152 Å². The Balaban J connectivity index is -0.000000482. The van der Waals surface area contributed by atoms with E-state index in [9.17, 15) is 4.79 Å². The maximum absolute atomic E-state index is 10.3. The second-order valence-corrected chi connectivity index (χ2v) is 5.39. The van der Waals surface area contributed by atoms with Gasteiger partial charge >= 0.3 is 43.7 Å². The molecule has 0 aromatic heterocycles. The summed E-state index contributed by atoms with van der Waals surface area (Å²) in [6, 6.07) is 0. The third kappa shape index (κ3) is 21.2. The topological polar surface area (TPSA) is 37.3 Å². The van der Waals surface area contributed by atoms with Crippen LogP contribution in [0.5, 0.6) is 0 Å². The van der Waals surface area contributed by atoms with Crippen molar-refractivity contribution in [2.75, 3.05) is 0 Å². The van der Waals surface area contributed by atoms with Gasteiger partial charge in [0.05, 0.1) is 0 Å². The number of carboxylic acid groups (broad SMARTS) is 1. The van der Waals surface area contributed by atoms with Gasteiger partial charge in [0.2, 0.25) is 0 Å². The van der Waals surface area contributed by atoms with Gasteiger partial charge < -0.3 is 7.96 Å². The van der Waals surface area contributed by atoms with Crippen molar-refractivity contribution in [3.8, 4) is 0 Å². The Kier molecular flexibility index (Phi) is 21.7. The van der Waals surface area contributed by atoms with Crippen LogP contribution in [0.1, 0.15) is 99.7 Å². The molecule has 0 aliphatic rings. The van der Waals surface area contributed by atoms with Gasteiger partial charge in [-0.15, -0.1) is 0 Å². The van der Waals surface area contributed by atoms with Gasteiger partial charge in [-0.25, -0.2) is 0 Å². The van der Waals surface area contributed by atoms with Crippen LogP contribution in [0, 0.1) is 0 Å². The summed E-state index contributed by atoms with van der Waals surface area (Å²) in [5.74, 6) is -0.655. The monoisotopic (exact) mass is 298 g/mol. The molecule has 0 saturated heterocycles. The van der Waals surface area contributed by atoms with Gasteiger partial charge in [-0.1, -0.05) is 84.0 Å². The zero-order valence-electron chi connectivity index (χ0n) is 15.0. The van der Waals surface area contributed by atoms with Crippen LogP contribution in [0.4, 0.5) is 0 Å². The first-order valence-corrected chi connectivity index (χ1v) is 7.99. The largest absolute Gasteiger partial charge is 2.00 e. The van der Waals surface area contributed by atoms with Crippen molar-refractivity contribution in [3.05, 3.63) is 0 Å². The number of hydrogen-bond acceptors (Lipinski definition) is 1. The molecule has 0 aromatic rings. The molecular weight excluding hydrogens is 264 g/mol. The molecule has 0 heterocycles. The van der Waals surface area contributed by atoms with Crippen LogP contribution in [-0.2, 0) is 4.79 Å². The summed E-state index contributed by atoms with van der Waals surface area (Å²) in [4.78, 5) is 10.3. The second kappa shape index (κ2) is 18.7. The summed E-state index contributed by atoms with van der Waals surface area (Å²) in [5, 5.41) is 8.49. The van der Waals surface area contributed by atoms with E-state index in [1.54, 1.807) is 0 Å². The molecule has 0 atom stereocenters. The molecule has 0 aromatic carbocycles. The van der Waals surface area contributed by atoms with Crippen LogP contribution in [0.25, 0.3) is 0 Å². The molecule has 0 bridgehead atoms. The average molecular weight is 299 g/mol. The minimum Gasteiger partial charge on any atom is -1.00 e. The van der Waals surface area contributed by atoms with Crippen LogP contribution < -0.4 is 0 Å². The zero-order valence-corrected chi connectivity index (χ0v) is 15.2. The Bertz CT molecular complexity index is 193. The van der Waals surface area contributed by atoms with E-state index in [1.807, 2.05) is 0 Å². The minimum absolute atomic E-state index is 0. The van der Waals surface area contributed by atoms with Gasteiger partial charge in [0.25, 0.3) is 0 Å². The Hall–Kier alpha value is 0.730. The second-order valence-electron chi connectivity index (χ2n) is 5.39. The fraction of sp³-hybridized carbons (Fsp3) is 0.938. The Morgan fingerprint density at radius 2 is 1.05 bits per heavy atom. The summed E-state index contributed by atoms with van der Waals surface area (Å²) >= 11 is 0. The van der Waals surface area contributed by atoms with Gasteiger partial charge in [0.1, 0.15) is 0 Å². The first-order chi connectivity index (χ1) is 8.77. The summed E-state index contributed by atoms with van der Waals surface area (Å²) in [6.45, 7) is 2.26. The van der Waals surface area contributed by atoms with Crippen molar-refractivity contribution < 1.29 is 12.8 Å². The van der Waals surface area contributed by atoms with E-state index < -0.39 is 5.97 Å². The fourth-order valence-electron chi connectivity index (χ4n) is 2.29. The Morgan fingerprint density at radius 3 is 1.37 bits per heavy atom. The number of carbonyl (C=O) groups is 1. The molecule has 0 fully saturated rings. The van der Waals surface area contributed by atoms with Crippen molar-refractivity contribution in [3.63, 3.8) is 0 Å². The van der Waals surface area contributed by atoms with Crippen LogP contribution in [0.3, 0.4) is 0 Å². The predicted octanol–water partition coefficient (Wildman–Crippen LogP) is 5.40. The predicted molar refractivity (Wildman–Crippen MR) is 85.9 cm³/mol. The summed E-state index contributed by atoms with van der Waals surface area (Å²) in [5.41, 5.74) is 0. The van der Waals surface area contributed by atoms with Crippen LogP contribution in [-0.4, -0.2) is 48.8 Å². The number of aliphatic carboxylic acids is 1. The van der Waals surface area contributed by atoms with E-state index >= 15 is 0 Å². The van der Waals surface area contributed by atoms with E-state index in [2.05, 4.69) is 6.92 Å². The minimum atomic E-state index is -0.655. The van der Waals surface area contributed by atoms with Crippen molar-refractivity contribution >= 4 is 43.7 Å². The third-order valence-corrected chi connectivity index (χ3v) is 3.49. The van der Waals surface area contributed by atoms with Crippen molar-refractivity contribution in [1.29, 1.82) is 0 Å². The zero-order chi connectivity index (χ0) is 13.5. The molecule has 1 N–H and O–H groups in total. The van der Waals surface area contributed by atoms with Gasteiger partial charge in [0, 0.05) is 6.42 Å². The van der Waals surface area contributed by atoms with Gasteiger partial charge in [-0.3, -0.25) is 4.79 Å². The molecule has 0 aliphatic carbocycles. The maximum Gasteiger partial charge on any atom is 2.00 e. The van der Waals surface area contributed by atoms with E-state index in [-0.39, 0.29) is 40.6 Å². The molecule has 0 radical (unpaired) electrons. The molecule has 0 rings (SSSR count). The normalized spacial score (nSPS) is 10.2. The molecule has 0 amide bonds. The number of unbranched alkanes of at least 4 members (excludes halogenated alkanes) is 12.